The van der Waals surface area contributed by atoms with E-state index in [0.29, 0.717) is 11.3 Å². The Labute approximate surface area is 163 Å². The molecule has 1 amide bonds. The first kappa shape index (κ1) is 19.6. The predicted octanol–water partition coefficient (Wildman–Crippen LogP) is 3.15. The average Bonchev–Trinajstić information content (AvgIpc) is 3.21. The maximum absolute atomic E-state index is 12.9. The molecular weight excluding hydrogens is 360 g/mol. The second-order valence-corrected chi connectivity index (χ2v) is 6.88. The molecule has 1 N–H and O–H groups in total. The van der Waals surface area contributed by atoms with Crippen molar-refractivity contribution in [1.82, 2.24) is 10.3 Å². The van der Waals surface area contributed by atoms with Crippen LogP contribution in [0, 0.1) is 24.0 Å². The van der Waals surface area contributed by atoms with E-state index >= 15 is 0 Å². The third kappa shape index (κ3) is 3.90. The van der Waals surface area contributed by atoms with Crippen molar-refractivity contribution in [2.24, 2.45) is 0 Å². The molecule has 0 radical (unpaired) electrons. The van der Waals surface area contributed by atoms with Gasteiger partial charge >= 0.3 is 0 Å². The van der Waals surface area contributed by atoms with Crippen LogP contribution in [0.1, 0.15) is 40.0 Å². The van der Waals surface area contributed by atoms with Gasteiger partial charge in [0.25, 0.3) is 11.6 Å². The molecule has 28 heavy (non-hydrogen) atoms. The summed E-state index contributed by atoms with van der Waals surface area (Å²) in [5.74, 6) is 0.388. The summed E-state index contributed by atoms with van der Waals surface area (Å²) < 4.78 is 5.40. The highest BCUT2D eigenvalue weighted by atomic mass is 16.6. The summed E-state index contributed by atoms with van der Waals surface area (Å²) in [6, 6.07) is 4.46. The number of nitrogens with zero attached hydrogens (tertiary/aromatic N) is 3. The van der Waals surface area contributed by atoms with Gasteiger partial charge in [0.2, 0.25) is 0 Å². The van der Waals surface area contributed by atoms with E-state index < -0.39 is 4.92 Å². The highest BCUT2D eigenvalue weighted by Gasteiger charge is 2.23. The molecule has 0 aliphatic carbocycles. The number of rotatable bonds is 6. The van der Waals surface area contributed by atoms with E-state index in [1.165, 1.54) is 12.1 Å². The smallest absolute Gasteiger partial charge is 0.270 e. The number of nitro groups is 1. The van der Waals surface area contributed by atoms with Crippen molar-refractivity contribution in [2.75, 3.05) is 25.1 Å². The lowest BCUT2D eigenvalue weighted by atomic mass is 10.1. The first-order valence-corrected chi connectivity index (χ1v) is 9.23. The lowest BCUT2D eigenvalue weighted by Crippen LogP contribution is -2.28. The number of carbonyl (C=O) groups is 1. The number of aromatic nitrogens is 1. The molecule has 0 unspecified atom stereocenters. The number of carbonyl (C=O) groups excluding carboxylic acids is 1. The molecule has 2 heterocycles. The van der Waals surface area contributed by atoms with Crippen LogP contribution in [0.4, 0.5) is 11.4 Å². The fourth-order valence-electron chi connectivity index (χ4n) is 3.56. The Hall–Kier alpha value is -3.16. The number of ether oxygens (including phenoxy) is 1. The largest absolute Gasteiger partial charge is 0.496 e. The van der Waals surface area contributed by atoms with Gasteiger partial charge < -0.3 is 15.0 Å². The Bertz CT molecular complexity index is 907. The van der Waals surface area contributed by atoms with Gasteiger partial charge in [-0.15, -0.1) is 0 Å². The van der Waals surface area contributed by atoms with E-state index in [4.69, 9.17) is 4.74 Å². The fourth-order valence-corrected chi connectivity index (χ4v) is 3.56. The SMILES string of the molecule is COc1c(C)cnc(CNC(=O)c2cc([N+](=O)[O-])ccc2N2CCCC2)c1C. The second kappa shape index (κ2) is 8.24. The highest BCUT2D eigenvalue weighted by Crippen LogP contribution is 2.29. The van der Waals surface area contributed by atoms with E-state index in [-0.39, 0.29) is 18.1 Å². The molecule has 3 rings (SSSR count). The number of anilines is 1. The van der Waals surface area contributed by atoms with Gasteiger partial charge in [-0.1, -0.05) is 0 Å². The molecule has 1 aromatic heterocycles. The normalized spacial score (nSPS) is 13.5. The zero-order valence-electron chi connectivity index (χ0n) is 16.3. The van der Waals surface area contributed by atoms with Crippen molar-refractivity contribution < 1.29 is 14.5 Å². The summed E-state index contributed by atoms with van der Waals surface area (Å²) in [5, 5.41) is 14.0. The molecule has 8 heteroatoms. The Kier molecular flexibility index (Phi) is 5.77. The summed E-state index contributed by atoms with van der Waals surface area (Å²) in [6.45, 7) is 5.70. The lowest BCUT2D eigenvalue weighted by Gasteiger charge is -2.21. The quantitative estimate of drug-likeness (QED) is 0.607. The molecule has 0 spiro atoms. The second-order valence-electron chi connectivity index (χ2n) is 6.88. The van der Waals surface area contributed by atoms with Crippen LogP contribution >= 0.6 is 0 Å². The standard InChI is InChI=1S/C20H24N4O4/c1-13-11-21-17(14(2)19(13)28-3)12-22-20(25)16-10-15(24(26)27)6-7-18(16)23-8-4-5-9-23/h6-7,10-11H,4-5,8-9,12H2,1-3H3,(H,22,25). The van der Waals surface area contributed by atoms with Crippen molar-refractivity contribution in [3.8, 4) is 5.75 Å². The highest BCUT2D eigenvalue weighted by molar-refractivity contribution is 6.00. The zero-order valence-corrected chi connectivity index (χ0v) is 16.3. The van der Waals surface area contributed by atoms with Crippen molar-refractivity contribution in [1.29, 1.82) is 0 Å². The molecule has 0 saturated carbocycles. The Morgan fingerprint density at radius 3 is 2.68 bits per heavy atom. The summed E-state index contributed by atoms with van der Waals surface area (Å²) in [6.07, 6.45) is 3.80. The topological polar surface area (TPSA) is 97.6 Å². The van der Waals surface area contributed by atoms with Gasteiger partial charge in [0, 0.05) is 42.5 Å². The molecule has 0 bridgehead atoms. The average molecular weight is 384 g/mol. The van der Waals surface area contributed by atoms with Crippen molar-refractivity contribution in [3.05, 3.63) is 56.9 Å². The van der Waals surface area contributed by atoms with E-state index in [9.17, 15) is 14.9 Å². The maximum atomic E-state index is 12.9. The molecular formula is C20H24N4O4. The number of nitro benzene ring substituents is 1. The number of amides is 1. The van der Waals surface area contributed by atoms with E-state index in [2.05, 4.69) is 15.2 Å². The number of non-ortho nitro benzene ring substituents is 1. The van der Waals surface area contributed by atoms with Gasteiger partial charge in [-0.05, 0) is 32.8 Å². The number of nitrogens with one attached hydrogen (secondary N) is 1. The van der Waals surface area contributed by atoms with Gasteiger partial charge in [0.15, 0.2) is 0 Å². The molecule has 1 aliphatic heterocycles. The lowest BCUT2D eigenvalue weighted by molar-refractivity contribution is -0.384. The Morgan fingerprint density at radius 1 is 1.32 bits per heavy atom. The number of pyridine rings is 1. The summed E-state index contributed by atoms with van der Waals surface area (Å²) in [7, 11) is 1.60. The van der Waals surface area contributed by atoms with Gasteiger partial charge in [0.1, 0.15) is 5.75 Å². The van der Waals surface area contributed by atoms with Crippen LogP contribution in [0.2, 0.25) is 0 Å². The summed E-state index contributed by atoms with van der Waals surface area (Å²) in [5.41, 5.74) is 3.43. The number of methoxy groups -OCH3 is 1. The Morgan fingerprint density at radius 2 is 2.04 bits per heavy atom. The monoisotopic (exact) mass is 384 g/mol. The van der Waals surface area contributed by atoms with E-state index in [1.54, 1.807) is 19.4 Å². The fraction of sp³-hybridized carbons (Fsp3) is 0.400. The first-order chi connectivity index (χ1) is 13.4. The van der Waals surface area contributed by atoms with Crippen LogP contribution in [-0.2, 0) is 6.54 Å². The molecule has 1 fully saturated rings. The van der Waals surface area contributed by atoms with Crippen LogP contribution in [-0.4, -0.2) is 36.0 Å². The number of hydrogen-bond acceptors (Lipinski definition) is 6. The van der Waals surface area contributed by atoms with E-state index in [1.807, 2.05) is 13.8 Å². The molecule has 2 aromatic rings. The summed E-state index contributed by atoms with van der Waals surface area (Å²) in [4.78, 5) is 30.0. The van der Waals surface area contributed by atoms with Crippen molar-refractivity contribution in [2.45, 2.75) is 33.2 Å². The van der Waals surface area contributed by atoms with Crippen LogP contribution in [0.15, 0.2) is 24.4 Å². The van der Waals surface area contributed by atoms with Crippen LogP contribution in [0.5, 0.6) is 5.75 Å². The summed E-state index contributed by atoms with van der Waals surface area (Å²) >= 11 is 0. The minimum absolute atomic E-state index is 0.0978. The van der Waals surface area contributed by atoms with Gasteiger partial charge in [-0.2, -0.15) is 0 Å². The van der Waals surface area contributed by atoms with Gasteiger partial charge in [0.05, 0.1) is 35.5 Å². The molecule has 1 saturated heterocycles. The zero-order chi connectivity index (χ0) is 20.3. The minimum atomic E-state index is -0.485. The molecule has 1 aromatic carbocycles. The van der Waals surface area contributed by atoms with Gasteiger partial charge in [-0.25, -0.2) is 0 Å². The number of benzene rings is 1. The van der Waals surface area contributed by atoms with Crippen molar-refractivity contribution >= 4 is 17.3 Å². The molecule has 148 valence electrons. The van der Waals surface area contributed by atoms with Crippen LogP contribution < -0.4 is 15.0 Å². The number of aryl methyl sites for hydroxylation is 1. The first-order valence-electron chi connectivity index (χ1n) is 9.23. The van der Waals surface area contributed by atoms with Crippen molar-refractivity contribution in [3.63, 3.8) is 0 Å². The third-order valence-corrected chi connectivity index (χ3v) is 5.05. The van der Waals surface area contributed by atoms with E-state index in [0.717, 1.165) is 48.5 Å². The third-order valence-electron chi connectivity index (χ3n) is 5.05. The maximum Gasteiger partial charge on any atom is 0.270 e. The van der Waals surface area contributed by atoms with Crippen LogP contribution in [0.3, 0.4) is 0 Å². The van der Waals surface area contributed by atoms with Gasteiger partial charge in [-0.3, -0.25) is 19.9 Å². The molecule has 8 nitrogen and oxygen atoms in total. The Balaban J connectivity index is 1.85. The molecule has 0 atom stereocenters. The minimum Gasteiger partial charge on any atom is -0.496 e. The molecule has 1 aliphatic rings. The number of hydrogen-bond donors (Lipinski definition) is 1. The van der Waals surface area contributed by atoms with Crippen LogP contribution in [0.25, 0.3) is 0 Å². The predicted molar refractivity (Wildman–Crippen MR) is 106 cm³/mol.